The van der Waals surface area contributed by atoms with Crippen molar-refractivity contribution in [3.8, 4) is 0 Å². The lowest BCUT2D eigenvalue weighted by molar-refractivity contribution is -0.110. The van der Waals surface area contributed by atoms with E-state index in [1.165, 1.54) is 17.3 Å². The van der Waals surface area contributed by atoms with Gasteiger partial charge in [0.15, 0.2) is 5.12 Å². The first-order valence-electron chi connectivity index (χ1n) is 5.60. The summed E-state index contributed by atoms with van der Waals surface area (Å²) in [6, 6.07) is 10.3. The Balaban J connectivity index is 2.64. The van der Waals surface area contributed by atoms with E-state index in [2.05, 4.69) is 19.1 Å². The molecular formula is C13H18OS2. The van der Waals surface area contributed by atoms with E-state index in [4.69, 9.17) is 0 Å². The van der Waals surface area contributed by atoms with Crippen molar-refractivity contribution in [2.24, 2.45) is 0 Å². The molecule has 0 saturated carbocycles. The Labute approximate surface area is 106 Å². The molecule has 0 aliphatic carbocycles. The van der Waals surface area contributed by atoms with Crippen LogP contribution in [-0.2, 0) is 4.79 Å². The summed E-state index contributed by atoms with van der Waals surface area (Å²) in [5.74, 6) is 1.92. The summed E-state index contributed by atoms with van der Waals surface area (Å²) in [6.07, 6.45) is 0.640. The molecule has 0 aromatic heterocycles. The molecule has 0 spiro atoms. The van der Waals surface area contributed by atoms with E-state index in [0.29, 0.717) is 16.8 Å². The average Bonchev–Trinajstić information content (AvgIpc) is 2.30. The van der Waals surface area contributed by atoms with Gasteiger partial charge in [-0.3, -0.25) is 4.79 Å². The third-order valence-electron chi connectivity index (χ3n) is 2.20. The number of hydrogen-bond acceptors (Lipinski definition) is 3. The molecule has 1 unspecified atom stereocenters. The lowest BCUT2D eigenvalue weighted by Crippen LogP contribution is -2.02. The lowest BCUT2D eigenvalue weighted by atomic mass is 10.1. The number of benzene rings is 1. The minimum absolute atomic E-state index is 0.303. The fraction of sp³-hybridized carbons (Fsp3) is 0.462. The van der Waals surface area contributed by atoms with Crippen molar-refractivity contribution in [2.75, 3.05) is 11.5 Å². The van der Waals surface area contributed by atoms with Crippen LogP contribution in [-0.4, -0.2) is 16.6 Å². The zero-order valence-corrected chi connectivity index (χ0v) is 11.4. The molecule has 0 N–H and O–H groups in total. The van der Waals surface area contributed by atoms with Gasteiger partial charge in [-0.25, -0.2) is 0 Å². The molecule has 16 heavy (non-hydrogen) atoms. The second kappa shape index (κ2) is 7.80. The molecule has 3 heteroatoms. The summed E-state index contributed by atoms with van der Waals surface area (Å²) >= 11 is 3.28. The molecular weight excluding hydrogens is 236 g/mol. The van der Waals surface area contributed by atoms with Gasteiger partial charge in [0, 0.05) is 11.7 Å². The normalized spacial score (nSPS) is 12.4. The molecule has 1 aromatic rings. The number of thioether (sulfide) groups is 2. The molecule has 0 saturated heterocycles. The quantitative estimate of drug-likeness (QED) is 0.759. The Kier molecular flexibility index (Phi) is 6.65. The van der Waals surface area contributed by atoms with Gasteiger partial charge >= 0.3 is 0 Å². The van der Waals surface area contributed by atoms with Crippen LogP contribution in [0, 0.1) is 0 Å². The second-order valence-electron chi connectivity index (χ2n) is 3.36. The number of hydrogen-bond donors (Lipinski definition) is 0. The van der Waals surface area contributed by atoms with E-state index < -0.39 is 0 Å². The molecule has 0 bridgehead atoms. The zero-order valence-electron chi connectivity index (χ0n) is 9.81. The van der Waals surface area contributed by atoms with Crippen LogP contribution in [0.15, 0.2) is 30.3 Å². The van der Waals surface area contributed by atoms with Crippen LogP contribution >= 0.6 is 23.5 Å². The van der Waals surface area contributed by atoms with Crippen molar-refractivity contribution in [1.29, 1.82) is 0 Å². The largest absolute Gasteiger partial charge is 0.287 e. The standard InChI is InChI=1S/C13H18OS2/c1-3-15-12(10-13(14)16-4-2)11-8-6-5-7-9-11/h5-9,12H,3-4,10H2,1-2H3. The van der Waals surface area contributed by atoms with Crippen LogP contribution in [0.1, 0.15) is 31.1 Å². The number of carbonyl (C=O) groups excluding carboxylic acids is 1. The summed E-state index contributed by atoms with van der Waals surface area (Å²) in [5, 5.41) is 0.620. The monoisotopic (exact) mass is 254 g/mol. The highest BCUT2D eigenvalue weighted by Gasteiger charge is 2.15. The van der Waals surface area contributed by atoms with E-state index >= 15 is 0 Å². The maximum Gasteiger partial charge on any atom is 0.190 e. The van der Waals surface area contributed by atoms with Gasteiger partial charge in [-0.1, -0.05) is 55.9 Å². The van der Waals surface area contributed by atoms with Crippen LogP contribution in [0.2, 0.25) is 0 Å². The van der Waals surface area contributed by atoms with Crippen molar-refractivity contribution in [2.45, 2.75) is 25.5 Å². The SMILES string of the molecule is CCSC(=O)CC(SCC)c1ccccc1. The van der Waals surface area contributed by atoms with E-state index in [0.717, 1.165) is 11.5 Å². The molecule has 88 valence electrons. The first-order valence-corrected chi connectivity index (χ1v) is 7.63. The predicted octanol–water partition coefficient (Wildman–Crippen LogP) is 4.15. The Morgan fingerprint density at radius 3 is 2.44 bits per heavy atom. The smallest absolute Gasteiger partial charge is 0.190 e. The van der Waals surface area contributed by atoms with E-state index in [1.807, 2.05) is 36.9 Å². The minimum atomic E-state index is 0.303. The maximum atomic E-state index is 11.7. The number of carbonyl (C=O) groups is 1. The second-order valence-corrected chi connectivity index (χ2v) is 6.16. The van der Waals surface area contributed by atoms with Crippen molar-refractivity contribution < 1.29 is 4.79 Å². The highest BCUT2D eigenvalue weighted by molar-refractivity contribution is 8.13. The van der Waals surface area contributed by atoms with E-state index in [9.17, 15) is 4.79 Å². The van der Waals surface area contributed by atoms with Crippen LogP contribution in [0.25, 0.3) is 0 Å². The van der Waals surface area contributed by atoms with Gasteiger partial charge < -0.3 is 0 Å². The molecule has 1 nitrogen and oxygen atoms in total. The molecule has 1 atom stereocenters. The van der Waals surface area contributed by atoms with Gasteiger partial charge in [0.25, 0.3) is 0 Å². The lowest BCUT2D eigenvalue weighted by Gasteiger charge is -2.14. The molecule has 1 rings (SSSR count). The fourth-order valence-electron chi connectivity index (χ4n) is 1.51. The van der Waals surface area contributed by atoms with Crippen LogP contribution in [0.3, 0.4) is 0 Å². The molecule has 0 heterocycles. The van der Waals surface area contributed by atoms with Crippen LogP contribution < -0.4 is 0 Å². The third kappa shape index (κ3) is 4.62. The van der Waals surface area contributed by atoms with E-state index in [1.54, 1.807) is 0 Å². The molecule has 0 fully saturated rings. The van der Waals surface area contributed by atoms with Crippen molar-refractivity contribution in [3.63, 3.8) is 0 Å². The minimum Gasteiger partial charge on any atom is -0.287 e. The summed E-state index contributed by atoms with van der Waals surface area (Å²) in [6.45, 7) is 4.16. The van der Waals surface area contributed by atoms with Crippen LogP contribution in [0.4, 0.5) is 0 Å². The average molecular weight is 254 g/mol. The molecule has 1 aromatic carbocycles. The molecule has 0 aliphatic heterocycles. The highest BCUT2D eigenvalue weighted by Crippen LogP contribution is 2.33. The topological polar surface area (TPSA) is 17.1 Å². The Morgan fingerprint density at radius 2 is 1.88 bits per heavy atom. The van der Waals surface area contributed by atoms with Gasteiger partial charge in [0.1, 0.15) is 0 Å². The van der Waals surface area contributed by atoms with E-state index in [-0.39, 0.29) is 0 Å². The maximum absolute atomic E-state index is 11.7. The van der Waals surface area contributed by atoms with Gasteiger partial charge in [-0.2, -0.15) is 11.8 Å². The summed E-state index contributed by atoms with van der Waals surface area (Å²) in [5.41, 5.74) is 1.26. The van der Waals surface area contributed by atoms with Crippen molar-refractivity contribution in [3.05, 3.63) is 35.9 Å². The fourth-order valence-corrected chi connectivity index (χ4v) is 3.25. The Morgan fingerprint density at radius 1 is 1.19 bits per heavy atom. The highest BCUT2D eigenvalue weighted by atomic mass is 32.2. The van der Waals surface area contributed by atoms with Gasteiger partial charge in [-0.05, 0) is 17.1 Å². The summed E-state index contributed by atoms with van der Waals surface area (Å²) < 4.78 is 0. The molecule has 0 amide bonds. The molecule has 0 aliphatic rings. The summed E-state index contributed by atoms with van der Waals surface area (Å²) in [4.78, 5) is 11.7. The Bertz CT molecular complexity index is 311. The first-order chi connectivity index (χ1) is 7.77. The van der Waals surface area contributed by atoms with Gasteiger partial charge in [0.05, 0.1) is 0 Å². The van der Waals surface area contributed by atoms with Crippen molar-refractivity contribution in [1.82, 2.24) is 0 Å². The number of rotatable bonds is 6. The Hall–Kier alpha value is -0.410. The predicted molar refractivity (Wildman–Crippen MR) is 75.1 cm³/mol. The van der Waals surface area contributed by atoms with Crippen LogP contribution in [0.5, 0.6) is 0 Å². The molecule has 0 radical (unpaired) electrons. The van der Waals surface area contributed by atoms with Gasteiger partial charge in [-0.15, -0.1) is 0 Å². The van der Waals surface area contributed by atoms with Crippen molar-refractivity contribution >= 4 is 28.6 Å². The van der Waals surface area contributed by atoms with Gasteiger partial charge in [0.2, 0.25) is 0 Å². The third-order valence-corrected chi connectivity index (χ3v) is 4.15. The zero-order chi connectivity index (χ0) is 11.8. The first kappa shape index (κ1) is 13.7. The summed E-state index contributed by atoms with van der Waals surface area (Å²) in [7, 11) is 0.